The second-order valence-electron chi connectivity index (χ2n) is 7.43. The molecular weight excluding hydrogens is 340 g/mol. The van der Waals surface area contributed by atoms with E-state index in [0.717, 1.165) is 18.4 Å². The molecule has 1 aliphatic heterocycles. The van der Waals surface area contributed by atoms with E-state index in [0.29, 0.717) is 30.3 Å². The Labute approximate surface area is 159 Å². The number of rotatable bonds is 5. The second kappa shape index (κ2) is 7.86. The first-order chi connectivity index (χ1) is 13.2. The number of carbonyl (C=O) groups excluding carboxylic acids is 2. The SMILES string of the molecule is O=C(Nc1ccncn1)[C@H](CC1CCCCC1)N1Cc2ccccc2C1=O. The Morgan fingerprint density at radius 3 is 2.74 bits per heavy atom. The van der Waals surface area contributed by atoms with Gasteiger partial charge in [-0.15, -0.1) is 0 Å². The molecule has 1 fully saturated rings. The van der Waals surface area contributed by atoms with E-state index in [1.165, 1.54) is 25.6 Å². The zero-order valence-electron chi connectivity index (χ0n) is 15.3. The number of carbonyl (C=O) groups is 2. The molecule has 1 N–H and O–H groups in total. The molecule has 27 heavy (non-hydrogen) atoms. The zero-order chi connectivity index (χ0) is 18.6. The van der Waals surface area contributed by atoms with Gasteiger partial charge in [-0.05, 0) is 30.0 Å². The van der Waals surface area contributed by atoms with Crippen molar-refractivity contribution in [2.45, 2.75) is 51.1 Å². The fourth-order valence-corrected chi connectivity index (χ4v) is 4.22. The lowest BCUT2D eigenvalue weighted by Crippen LogP contribution is -2.45. The Balaban J connectivity index is 1.56. The van der Waals surface area contributed by atoms with Crippen molar-refractivity contribution < 1.29 is 9.59 Å². The minimum absolute atomic E-state index is 0.0516. The Kier molecular flexibility index (Phi) is 5.14. The van der Waals surface area contributed by atoms with E-state index >= 15 is 0 Å². The maximum Gasteiger partial charge on any atom is 0.255 e. The quantitative estimate of drug-likeness (QED) is 0.882. The highest BCUT2D eigenvalue weighted by Crippen LogP contribution is 2.32. The van der Waals surface area contributed by atoms with Gasteiger partial charge in [-0.1, -0.05) is 50.3 Å². The van der Waals surface area contributed by atoms with E-state index in [2.05, 4.69) is 15.3 Å². The first-order valence-corrected chi connectivity index (χ1v) is 9.68. The molecule has 0 bridgehead atoms. The van der Waals surface area contributed by atoms with Crippen molar-refractivity contribution in [1.82, 2.24) is 14.9 Å². The third-order valence-corrected chi connectivity index (χ3v) is 5.64. The summed E-state index contributed by atoms with van der Waals surface area (Å²) in [5.74, 6) is 0.730. The van der Waals surface area contributed by atoms with Gasteiger partial charge in [-0.3, -0.25) is 9.59 Å². The summed E-state index contributed by atoms with van der Waals surface area (Å²) in [4.78, 5) is 35.8. The van der Waals surface area contributed by atoms with Crippen LogP contribution in [0.4, 0.5) is 5.82 Å². The summed E-state index contributed by atoms with van der Waals surface area (Å²) in [6.07, 6.45) is 9.65. The third kappa shape index (κ3) is 3.84. The van der Waals surface area contributed by atoms with Gasteiger partial charge < -0.3 is 10.2 Å². The van der Waals surface area contributed by atoms with E-state index in [1.807, 2.05) is 24.3 Å². The molecule has 4 rings (SSSR count). The van der Waals surface area contributed by atoms with Gasteiger partial charge in [0.15, 0.2) is 0 Å². The predicted molar refractivity (Wildman–Crippen MR) is 102 cm³/mol. The van der Waals surface area contributed by atoms with Gasteiger partial charge in [-0.2, -0.15) is 0 Å². The van der Waals surface area contributed by atoms with Crippen molar-refractivity contribution in [3.8, 4) is 0 Å². The van der Waals surface area contributed by atoms with Gasteiger partial charge in [0.1, 0.15) is 18.2 Å². The average Bonchev–Trinajstić information content (AvgIpc) is 3.04. The van der Waals surface area contributed by atoms with E-state index in [4.69, 9.17) is 0 Å². The number of nitrogens with zero attached hydrogens (tertiary/aromatic N) is 3. The Morgan fingerprint density at radius 2 is 2.00 bits per heavy atom. The predicted octanol–water partition coefficient (Wildman–Crippen LogP) is 3.41. The van der Waals surface area contributed by atoms with Crippen molar-refractivity contribution in [1.29, 1.82) is 0 Å². The molecule has 0 spiro atoms. The Morgan fingerprint density at radius 1 is 1.19 bits per heavy atom. The monoisotopic (exact) mass is 364 g/mol. The number of benzene rings is 1. The molecule has 1 aromatic heterocycles. The minimum atomic E-state index is -0.483. The highest BCUT2D eigenvalue weighted by Gasteiger charge is 2.37. The number of fused-ring (bicyclic) bond motifs is 1. The highest BCUT2D eigenvalue weighted by atomic mass is 16.2. The third-order valence-electron chi connectivity index (χ3n) is 5.64. The van der Waals surface area contributed by atoms with Gasteiger partial charge in [0, 0.05) is 18.3 Å². The molecule has 140 valence electrons. The zero-order valence-corrected chi connectivity index (χ0v) is 15.3. The van der Waals surface area contributed by atoms with Crippen LogP contribution in [0.25, 0.3) is 0 Å². The largest absolute Gasteiger partial charge is 0.322 e. The van der Waals surface area contributed by atoms with Crippen LogP contribution in [0.3, 0.4) is 0 Å². The number of nitrogens with one attached hydrogen (secondary N) is 1. The molecule has 2 aliphatic rings. The van der Waals surface area contributed by atoms with Crippen LogP contribution in [0.15, 0.2) is 42.9 Å². The smallest absolute Gasteiger partial charge is 0.255 e. The lowest BCUT2D eigenvalue weighted by atomic mass is 9.84. The summed E-state index contributed by atoms with van der Waals surface area (Å²) in [7, 11) is 0. The van der Waals surface area contributed by atoms with E-state index in [1.54, 1.807) is 17.2 Å². The van der Waals surface area contributed by atoms with Gasteiger partial charge >= 0.3 is 0 Å². The first kappa shape index (κ1) is 17.6. The van der Waals surface area contributed by atoms with Gasteiger partial charge in [-0.25, -0.2) is 9.97 Å². The summed E-state index contributed by atoms with van der Waals surface area (Å²) in [6.45, 7) is 0.490. The first-order valence-electron chi connectivity index (χ1n) is 9.68. The summed E-state index contributed by atoms with van der Waals surface area (Å²) in [5, 5.41) is 2.87. The van der Waals surface area contributed by atoms with Crippen molar-refractivity contribution in [2.75, 3.05) is 5.32 Å². The molecule has 1 aromatic carbocycles. The molecule has 0 unspecified atom stereocenters. The standard InChI is InChI=1S/C21H24N4O2/c26-20(24-19-10-11-22-14-23-19)18(12-15-6-2-1-3-7-15)25-13-16-8-4-5-9-17(16)21(25)27/h4-5,8-11,14-15,18H,1-3,6-7,12-13H2,(H,22,23,24,26)/t18-/m0/s1. The topological polar surface area (TPSA) is 75.2 Å². The molecule has 1 saturated carbocycles. The Hall–Kier alpha value is -2.76. The second-order valence-corrected chi connectivity index (χ2v) is 7.43. The van der Waals surface area contributed by atoms with Crippen LogP contribution in [0.1, 0.15) is 54.4 Å². The van der Waals surface area contributed by atoms with Gasteiger partial charge in [0.2, 0.25) is 5.91 Å². The van der Waals surface area contributed by atoms with E-state index < -0.39 is 6.04 Å². The number of amides is 2. The molecule has 6 heteroatoms. The number of hydrogen-bond acceptors (Lipinski definition) is 4. The van der Waals surface area contributed by atoms with Crippen molar-refractivity contribution in [3.05, 3.63) is 54.0 Å². The summed E-state index contributed by atoms with van der Waals surface area (Å²) < 4.78 is 0. The van der Waals surface area contributed by atoms with Crippen molar-refractivity contribution in [3.63, 3.8) is 0 Å². The number of hydrogen-bond donors (Lipinski definition) is 1. The molecule has 1 atom stereocenters. The van der Waals surface area contributed by atoms with Crippen LogP contribution in [-0.2, 0) is 11.3 Å². The average molecular weight is 364 g/mol. The van der Waals surface area contributed by atoms with Crippen LogP contribution in [0, 0.1) is 5.92 Å². The van der Waals surface area contributed by atoms with Crippen molar-refractivity contribution in [2.24, 2.45) is 5.92 Å². The lowest BCUT2D eigenvalue weighted by Gasteiger charge is -2.31. The molecule has 6 nitrogen and oxygen atoms in total. The maximum absolute atomic E-state index is 13.1. The van der Waals surface area contributed by atoms with Crippen LogP contribution >= 0.6 is 0 Å². The van der Waals surface area contributed by atoms with Crippen molar-refractivity contribution >= 4 is 17.6 Å². The fourth-order valence-electron chi connectivity index (χ4n) is 4.22. The molecular formula is C21H24N4O2. The van der Waals surface area contributed by atoms with Crippen LogP contribution in [0.5, 0.6) is 0 Å². The maximum atomic E-state index is 13.1. The summed E-state index contributed by atoms with van der Waals surface area (Å²) >= 11 is 0. The summed E-state index contributed by atoms with van der Waals surface area (Å²) in [5.41, 5.74) is 1.70. The molecule has 2 aromatic rings. The van der Waals surface area contributed by atoms with E-state index in [-0.39, 0.29) is 11.8 Å². The summed E-state index contributed by atoms with van der Waals surface area (Å²) in [6, 6.07) is 8.80. The van der Waals surface area contributed by atoms with E-state index in [9.17, 15) is 9.59 Å². The minimum Gasteiger partial charge on any atom is -0.322 e. The molecule has 2 heterocycles. The van der Waals surface area contributed by atoms with Crippen LogP contribution < -0.4 is 5.32 Å². The highest BCUT2D eigenvalue weighted by molar-refractivity contribution is 6.03. The molecule has 1 aliphatic carbocycles. The lowest BCUT2D eigenvalue weighted by molar-refractivity contribution is -0.121. The molecule has 0 saturated heterocycles. The van der Waals surface area contributed by atoms with Gasteiger partial charge in [0.05, 0.1) is 0 Å². The van der Waals surface area contributed by atoms with Crippen LogP contribution in [0.2, 0.25) is 0 Å². The fraction of sp³-hybridized carbons (Fsp3) is 0.429. The Bertz CT molecular complexity index is 818. The normalized spacial score (nSPS) is 18.2. The number of aromatic nitrogens is 2. The number of anilines is 1. The van der Waals surface area contributed by atoms with Gasteiger partial charge in [0.25, 0.3) is 5.91 Å². The molecule has 0 radical (unpaired) electrons. The molecule has 2 amide bonds. The van der Waals surface area contributed by atoms with Crippen LogP contribution in [-0.4, -0.2) is 32.7 Å².